The summed E-state index contributed by atoms with van der Waals surface area (Å²) in [6.07, 6.45) is -4.03. The molecule has 1 amide bonds. The van der Waals surface area contributed by atoms with Gasteiger partial charge in [-0.3, -0.25) is 10.0 Å². The average molecular weight is 195 g/mol. The van der Waals surface area contributed by atoms with Gasteiger partial charge in [0.15, 0.2) is 0 Å². The minimum Gasteiger partial charge on any atom is -0.459 e. The van der Waals surface area contributed by atoms with E-state index < -0.39 is 23.4 Å². The number of hydrogen-bond acceptors (Lipinski definition) is 3. The molecular weight excluding hydrogens is 191 g/mol. The first-order chi connectivity index (χ1) is 5.95. The van der Waals surface area contributed by atoms with Crippen LogP contribution in [0.25, 0.3) is 0 Å². The first-order valence-electron chi connectivity index (χ1n) is 3.05. The normalized spacial score (nSPS) is 11.4. The Morgan fingerprint density at radius 2 is 2.15 bits per heavy atom. The summed E-state index contributed by atoms with van der Waals surface area (Å²) in [7, 11) is 0. The summed E-state index contributed by atoms with van der Waals surface area (Å²) in [4.78, 5) is 10.6. The molecule has 0 radical (unpaired) electrons. The van der Waals surface area contributed by atoms with Gasteiger partial charge >= 0.3 is 6.18 Å². The molecule has 0 atom stereocenters. The van der Waals surface area contributed by atoms with Crippen molar-refractivity contribution >= 4 is 5.91 Å². The summed E-state index contributed by atoms with van der Waals surface area (Å²) in [5.41, 5.74) is 0.786. The van der Waals surface area contributed by atoms with Crippen LogP contribution in [-0.4, -0.2) is 11.1 Å². The number of furan rings is 1. The van der Waals surface area contributed by atoms with Crippen LogP contribution in [0.5, 0.6) is 0 Å². The Labute approximate surface area is 69.9 Å². The molecular formula is C6H4F3NO3. The van der Waals surface area contributed by atoms with Gasteiger partial charge < -0.3 is 4.42 Å². The number of carbonyl (C=O) groups is 1. The molecule has 0 unspecified atom stereocenters. The number of carbonyl (C=O) groups excluding carboxylic acids is 1. The van der Waals surface area contributed by atoms with Crippen LogP contribution in [0.15, 0.2) is 16.7 Å². The highest BCUT2D eigenvalue weighted by Gasteiger charge is 2.35. The monoisotopic (exact) mass is 195 g/mol. The molecule has 0 aliphatic heterocycles. The Kier molecular flexibility index (Phi) is 2.28. The summed E-state index contributed by atoms with van der Waals surface area (Å²) in [5, 5.41) is 8.08. The molecule has 1 heterocycles. The number of nitrogens with one attached hydrogen (secondary N) is 1. The van der Waals surface area contributed by atoms with E-state index in [4.69, 9.17) is 5.21 Å². The number of halogens is 3. The summed E-state index contributed by atoms with van der Waals surface area (Å²) in [5.74, 6) is -2.34. The van der Waals surface area contributed by atoms with E-state index in [1.807, 2.05) is 0 Å². The first kappa shape index (κ1) is 9.59. The molecule has 4 nitrogen and oxygen atoms in total. The van der Waals surface area contributed by atoms with E-state index in [-0.39, 0.29) is 0 Å². The quantitative estimate of drug-likeness (QED) is 0.526. The Morgan fingerprint density at radius 1 is 1.54 bits per heavy atom. The molecule has 1 rings (SSSR count). The lowest BCUT2D eigenvalue weighted by molar-refractivity contribution is -0.153. The van der Waals surface area contributed by atoms with E-state index in [0.29, 0.717) is 12.3 Å². The number of hydrogen-bond donors (Lipinski definition) is 2. The highest BCUT2D eigenvalue weighted by Crippen LogP contribution is 2.30. The number of rotatable bonds is 1. The summed E-state index contributed by atoms with van der Waals surface area (Å²) in [6, 6.07) is 0.492. The Morgan fingerprint density at radius 3 is 2.54 bits per heavy atom. The van der Waals surface area contributed by atoms with Crippen LogP contribution in [0.4, 0.5) is 13.2 Å². The maximum atomic E-state index is 11.9. The zero-order valence-electron chi connectivity index (χ0n) is 6.05. The maximum Gasteiger partial charge on any atom is 0.449 e. The lowest BCUT2D eigenvalue weighted by Crippen LogP contribution is -2.17. The standard InChI is InChI=1S/C6H4F3NO3/c7-6(8,9)4-1-3(2-13-4)5(11)10-12/h1-2,12H,(H,10,11). The van der Waals surface area contributed by atoms with Gasteiger partial charge in [0.2, 0.25) is 5.76 Å². The fourth-order valence-electron chi connectivity index (χ4n) is 0.669. The highest BCUT2D eigenvalue weighted by molar-refractivity contribution is 5.93. The summed E-state index contributed by atoms with van der Waals surface area (Å²) < 4.78 is 39.7. The molecule has 1 aromatic rings. The summed E-state index contributed by atoms with van der Waals surface area (Å²) in [6.45, 7) is 0. The van der Waals surface area contributed by atoms with Crippen molar-refractivity contribution in [2.45, 2.75) is 6.18 Å². The van der Waals surface area contributed by atoms with Gasteiger partial charge in [0.05, 0.1) is 5.56 Å². The van der Waals surface area contributed by atoms with E-state index in [0.717, 1.165) is 0 Å². The third kappa shape index (κ3) is 2.00. The third-order valence-electron chi connectivity index (χ3n) is 1.24. The van der Waals surface area contributed by atoms with Gasteiger partial charge in [0.1, 0.15) is 6.26 Å². The Hall–Kier alpha value is -1.50. The van der Waals surface area contributed by atoms with E-state index in [9.17, 15) is 18.0 Å². The van der Waals surface area contributed by atoms with Crippen molar-refractivity contribution in [3.63, 3.8) is 0 Å². The van der Waals surface area contributed by atoms with Gasteiger partial charge in [0, 0.05) is 6.07 Å². The fourth-order valence-corrected chi connectivity index (χ4v) is 0.669. The second-order valence-electron chi connectivity index (χ2n) is 2.14. The van der Waals surface area contributed by atoms with Crippen LogP contribution in [0.1, 0.15) is 16.1 Å². The first-order valence-corrected chi connectivity index (χ1v) is 3.05. The number of amides is 1. The van der Waals surface area contributed by atoms with Crippen LogP contribution in [0, 0.1) is 0 Å². The van der Waals surface area contributed by atoms with Crippen molar-refractivity contribution in [1.29, 1.82) is 0 Å². The van der Waals surface area contributed by atoms with Gasteiger partial charge in [-0.1, -0.05) is 0 Å². The molecule has 1 aromatic heterocycles. The van der Waals surface area contributed by atoms with Crippen LogP contribution >= 0.6 is 0 Å². The maximum absolute atomic E-state index is 11.9. The van der Waals surface area contributed by atoms with Gasteiger partial charge in [-0.25, -0.2) is 5.48 Å². The molecule has 13 heavy (non-hydrogen) atoms. The van der Waals surface area contributed by atoms with Gasteiger partial charge in [0.25, 0.3) is 5.91 Å². The predicted molar refractivity (Wildman–Crippen MR) is 33.0 cm³/mol. The molecule has 0 fully saturated rings. The molecule has 0 aliphatic rings. The predicted octanol–water partition coefficient (Wildman–Crippen LogP) is 1.42. The molecule has 0 bridgehead atoms. The van der Waals surface area contributed by atoms with Crippen molar-refractivity contribution in [2.24, 2.45) is 0 Å². The topological polar surface area (TPSA) is 62.5 Å². The molecule has 0 saturated carbocycles. The van der Waals surface area contributed by atoms with Gasteiger partial charge in [-0.05, 0) is 0 Å². The van der Waals surface area contributed by atoms with Crippen molar-refractivity contribution < 1.29 is 27.6 Å². The lowest BCUT2D eigenvalue weighted by Gasteiger charge is -1.98. The largest absolute Gasteiger partial charge is 0.459 e. The van der Waals surface area contributed by atoms with Crippen LogP contribution < -0.4 is 5.48 Å². The van der Waals surface area contributed by atoms with E-state index in [1.165, 1.54) is 5.48 Å². The zero-order chi connectivity index (χ0) is 10.1. The molecule has 0 aromatic carbocycles. The minimum absolute atomic E-state index is 0.394. The molecule has 2 N–H and O–H groups in total. The summed E-state index contributed by atoms with van der Waals surface area (Å²) >= 11 is 0. The Balaban J connectivity index is 2.93. The fraction of sp³-hybridized carbons (Fsp3) is 0.167. The second kappa shape index (κ2) is 3.09. The number of hydroxylamine groups is 1. The van der Waals surface area contributed by atoms with E-state index in [2.05, 4.69) is 4.42 Å². The Bertz CT molecular complexity index is 317. The van der Waals surface area contributed by atoms with Crippen molar-refractivity contribution in [1.82, 2.24) is 5.48 Å². The van der Waals surface area contributed by atoms with Crippen molar-refractivity contribution in [3.8, 4) is 0 Å². The average Bonchev–Trinajstić information content (AvgIpc) is 2.50. The van der Waals surface area contributed by atoms with Crippen LogP contribution in [0.2, 0.25) is 0 Å². The van der Waals surface area contributed by atoms with Gasteiger partial charge in [-0.15, -0.1) is 0 Å². The molecule has 72 valence electrons. The zero-order valence-corrected chi connectivity index (χ0v) is 6.05. The van der Waals surface area contributed by atoms with Gasteiger partial charge in [-0.2, -0.15) is 13.2 Å². The third-order valence-corrected chi connectivity index (χ3v) is 1.24. The smallest absolute Gasteiger partial charge is 0.449 e. The molecule has 0 saturated heterocycles. The van der Waals surface area contributed by atoms with Crippen LogP contribution in [0.3, 0.4) is 0 Å². The second-order valence-corrected chi connectivity index (χ2v) is 2.14. The van der Waals surface area contributed by atoms with E-state index >= 15 is 0 Å². The molecule has 0 aliphatic carbocycles. The SMILES string of the molecule is O=C(NO)c1coc(C(F)(F)F)c1. The van der Waals surface area contributed by atoms with Crippen molar-refractivity contribution in [3.05, 3.63) is 23.7 Å². The molecule has 7 heteroatoms. The van der Waals surface area contributed by atoms with E-state index in [1.54, 1.807) is 0 Å². The van der Waals surface area contributed by atoms with Crippen LogP contribution in [-0.2, 0) is 6.18 Å². The van der Waals surface area contributed by atoms with Crippen molar-refractivity contribution in [2.75, 3.05) is 0 Å². The highest BCUT2D eigenvalue weighted by atomic mass is 19.4. The minimum atomic E-state index is -4.63. The number of alkyl halides is 3. The molecule has 0 spiro atoms. The lowest BCUT2D eigenvalue weighted by atomic mass is 10.3.